The van der Waals surface area contributed by atoms with Crippen molar-refractivity contribution in [1.82, 2.24) is 15.2 Å². The summed E-state index contributed by atoms with van der Waals surface area (Å²) in [6, 6.07) is 3.51. The number of carbonyl (C=O) groups excluding carboxylic acids is 1. The monoisotopic (exact) mass is 309 g/mol. The zero-order valence-electron chi connectivity index (χ0n) is 11.7. The number of carbonyl (C=O) groups is 1. The van der Waals surface area contributed by atoms with Crippen LogP contribution in [-0.4, -0.2) is 48.4 Å². The Labute approximate surface area is 124 Å². The van der Waals surface area contributed by atoms with E-state index in [1.807, 2.05) is 12.1 Å². The topological polar surface area (TPSA) is 79.4 Å². The van der Waals surface area contributed by atoms with Gasteiger partial charge in [0.25, 0.3) is 0 Å². The van der Waals surface area contributed by atoms with E-state index >= 15 is 0 Å². The van der Waals surface area contributed by atoms with Gasteiger partial charge >= 0.3 is 6.03 Å². The SMILES string of the molecule is O=C(NC1CCS(=O)(=O)C1)N1CCCC1c1ccncc1. The van der Waals surface area contributed by atoms with Gasteiger partial charge in [-0.15, -0.1) is 0 Å². The molecule has 7 heteroatoms. The number of amides is 2. The molecule has 0 spiro atoms. The first-order valence-corrected chi connectivity index (χ1v) is 9.05. The Morgan fingerprint density at radius 3 is 2.71 bits per heavy atom. The maximum Gasteiger partial charge on any atom is 0.318 e. The fourth-order valence-electron chi connectivity index (χ4n) is 3.11. The largest absolute Gasteiger partial charge is 0.334 e. The molecule has 2 saturated heterocycles. The minimum Gasteiger partial charge on any atom is -0.334 e. The van der Waals surface area contributed by atoms with Crippen LogP contribution in [0.15, 0.2) is 24.5 Å². The number of hydrogen-bond acceptors (Lipinski definition) is 4. The molecule has 1 N–H and O–H groups in total. The van der Waals surface area contributed by atoms with E-state index in [9.17, 15) is 13.2 Å². The first-order chi connectivity index (χ1) is 10.1. The smallest absolute Gasteiger partial charge is 0.318 e. The van der Waals surface area contributed by atoms with Crippen LogP contribution in [-0.2, 0) is 9.84 Å². The summed E-state index contributed by atoms with van der Waals surface area (Å²) in [5, 5.41) is 2.87. The molecule has 2 fully saturated rings. The summed E-state index contributed by atoms with van der Waals surface area (Å²) in [5.41, 5.74) is 1.08. The number of urea groups is 1. The second-order valence-corrected chi connectivity index (χ2v) is 7.91. The Kier molecular flexibility index (Phi) is 3.84. The molecule has 6 nitrogen and oxygen atoms in total. The summed E-state index contributed by atoms with van der Waals surface area (Å²) in [6.07, 6.45) is 5.87. The van der Waals surface area contributed by atoms with Gasteiger partial charge in [-0.25, -0.2) is 13.2 Å². The highest BCUT2D eigenvalue weighted by molar-refractivity contribution is 7.91. The first-order valence-electron chi connectivity index (χ1n) is 7.23. The van der Waals surface area contributed by atoms with E-state index in [0.29, 0.717) is 13.0 Å². The number of aromatic nitrogens is 1. The van der Waals surface area contributed by atoms with Gasteiger partial charge in [-0.1, -0.05) is 0 Å². The zero-order chi connectivity index (χ0) is 14.9. The fourth-order valence-corrected chi connectivity index (χ4v) is 4.78. The minimum atomic E-state index is -2.97. The van der Waals surface area contributed by atoms with Gasteiger partial charge in [0.15, 0.2) is 9.84 Å². The van der Waals surface area contributed by atoms with Gasteiger partial charge in [-0.3, -0.25) is 4.98 Å². The van der Waals surface area contributed by atoms with Crippen molar-refractivity contribution < 1.29 is 13.2 Å². The lowest BCUT2D eigenvalue weighted by Crippen LogP contribution is -2.45. The average molecular weight is 309 g/mol. The van der Waals surface area contributed by atoms with E-state index in [-0.39, 0.29) is 29.6 Å². The molecule has 0 bridgehead atoms. The van der Waals surface area contributed by atoms with Crippen molar-refractivity contribution in [3.05, 3.63) is 30.1 Å². The normalized spacial score (nSPS) is 27.7. The molecule has 3 heterocycles. The molecule has 1 aromatic rings. The molecule has 21 heavy (non-hydrogen) atoms. The Morgan fingerprint density at radius 2 is 2.05 bits per heavy atom. The van der Waals surface area contributed by atoms with Gasteiger partial charge in [0.1, 0.15) is 0 Å². The Morgan fingerprint density at radius 1 is 1.29 bits per heavy atom. The van der Waals surface area contributed by atoms with Crippen molar-refractivity contribution in [1.29, 1.82) is 0 Å². The number of nitrogens with zero attached hydrogens (tertiary/aromatic N) is 2. The Hall–Kier alpha value is -1.63. The van der Waals surface area contributed by atoms with E-state index in [0.717, 1.165) is 18.4 Å². The highest BCUT2D eigenvalue weighted by atomic mass is 32.2. The van der Waals surface area contributed by atoms with Crippen LogP contribution in [0.1, 0.15) is 30.9 Å². The summed E-state index contributed by atoms with van der Waals surface area (Å²) in [7, 11) is -2.97. The summed E-state index contributed by atoms with van der Waals surface area (Å²) in [4.78, 5) is 18.2. The lowest BCUT2D eigenvalue weighted by molar-refractivity contribution is 0.190. The highest BCUT2D eigenvalue weighted by Gasteiger charge is 2.34. The molecule has 2 aliphatic heterocycles. The quantitative estimate of drug-likeness (QED) is 0.887. The van der Waals surface area contributed by atoms with Crippen LogP contribution in [0.4, 0.5) is 4.79 Å². The lowest BCUT2D eigenvalue weighted by atomic mass is 10.1. The molecule has 3 rings (SSSR count). The molecule has 0 radical (unpaired) electrons. The van der Waals surface area contributed by atoms with Crippen molar-refractivity contribution >= 4 is 15.9 Å². The average Bonchev–Trinajstić information content (AvgIpc) is 3.06. The molecule has 0 saturated carbocycles. The summed E-state index contributed by atoms with van der Waals surface area (Å²) < 4.78 is 22.9. The number of pyridine rings is 1. The van der Waals surface area contributed by atoms with Gasteiger partial charge in [-0.05, 0) is 37.0 Å². The fraction of sp³-hybridized carbons (Fsp3) is 0.571. The molecule has 2 amide bonds. The van der Waals surface area contributed by atoms with E-state index in [1.165, 1.54) is 0 Å². The van der Waals surface area contributed by atoms with Crippen LogP contribution in [0, 0.1) is 0 Å². The van der Waals surface area contributed by atoms with Gasteiger partial charge in [0, 0.05) is 25.0 Å². The van der Waals surface area contributed by atoms with Crippen LogP contribution in [0.3, 0.4) is 0 Å². The summed E-state index contributed by atoms with van der Waals surface area (Å²) in [5.74, 6) is 0.234. The van der Waals surface area contributed by atoms with Gasteiger partial charge < -0.3 is 10.2 Å². The third-order valence-electron chi connectivity index (χ3n) is 4.16. The molecule has 0 aromatic carbocycles. The van der Waals surface area contributed by atoms with Crippen LogP contribution in [0.25, 0.3) is 0 Å². The van der Waals surface area contributed by atoms with Crippen molar-refractivity contribution in [2.45, 2.75) is 31.3 Å². The van der Waals surface area contributed by atoms with Crippen molar-refractivity contribution in [2.24, 2.45) is 0 Å². The maximum absolute atomic E-state index is 12.4. The second kappa shape index (κ2) is 5.63. The number of rotatable bonds is 2. The van der Waals surface area contributed by atoms with Gasteiger partial charge in [-0.2, -0.15) is 0 Å². The predicted molar refractivity (Wildman–Crippen MR) is 78.5 cm³/mol. The molecular formula is C14H19N3O3S. The third kappa shape index (κ3) is 3.18. The second-order valence-electron chi connectivity index (χ2n) is 5.68. The Bertz CT molecular complexity index is 618. The van der Waals surface area contributed by atoms with Gasteiger partial charge in [0.05, 0.1) is 17.5 Å². The van der Waals surface area contributed by atoms with Gasteiger partial charge in [0.2, 0.25) is 0 Å². The third-order valence-corrected chi connectivity index (χ3v) is 5.93. The lowest BCUT2D eigenvalue weighted by Gasteiger charge is -2.26. The molecular weight excluding hydrogens is 290 g/mol. The molecule has 2 atom stereocenters. The van der Waals surface area contributed by atoms with E-state index in [4.69, 9.17) is 0 Å². The first kappa shape index (κ1) is 14.3. The number of hydrogen-bond donors (Lipinski definition) is 1. The number of sulfone groups is 1. The Balaban J connectivity index is 1.67. The van der Waals surface area contributed by atoms with Crippen LogP contribution >= 0.6 is 0 Å². The summed E-state index contributed by atoms with van der Waals surface area (Å²) in [6.45, 7) is 0.707. The van der Waals surface area contributed by atoms with Crippen molar-refractivity contribution in [3.8, 4) is 0 Å². The molecule has 1 aromatic heterocycles. The molecule has 2 unspecified atom stereocenters. The highest BCUT2D eigenvalue weighted by Crippen LogP contribution is 2.31. The minimum absolute atomic E-state index is 0.0611. The zero-order valence-corrected chi connectivity index (χ0v) is 12.6. The van der Waals surface area contributed by atoms with Crippen LogP contribution in [0.5, 0.6) is 0 Å². The molecule has 0 aliphatic carbocycles. The number of nitrogens with one attached hydrogen (secondary N) is 1. The predicted octanol–water partition coefficient (Wildman–Crippen LogP) is 1.12. The molecule has 2 aliphatic rings. The van der Waals surface area contributed by atoms with Crippen LogP contribution < -0.4 is 5.32 Å². The van der Waals surface area contributed by atoms with Crippen LogP contribution in [0.2, 0.25) is 0 Å². The standard InChI is InChI=1S/C14H19N3O3S/c18-14(16-12-5-9-21(19,20)10-12)17-8-1-2-13(17)11-3-6-15-7-4-11/h3-4,6-7,12-13H,1-2,5,8-10H2,(H,16,18). The van der Waals surface area contributed by atoms with Crippen molar-refractivity contribution in [2.75, 3.05) is 18.1 Å². The number of likely N-dealkylation sites (tertiary alicyclic amines) is 1. The van der Waals surface area contributed by atoms with E-state index in [1.54, 1.807) is 17.3 Å². The maximum atomic E-state index is 12.4. The van der Waals surface area contributed by atoms with E-state index in [2.05, 4.69) is 10.3 Å². The van der Waals surface area contributed by atoms with Crippen molar-refractivity contribution in [3.63, 3.8) is 0 Å². The summed E-state index contributed by atoms with van der Waals surface area (Å²) >= 11 is 0. The molecule has 114 valence electrons. The van der Waals surface area contributed by atoms with E-state index < -0.39 is 9.84 Å².